The molecule has 0 unspecified atom stereocenters. The highest BCUT2D eigenvalue weighted by Crippen LogP contribution is 2.15. The number of nitrogens with zero attached hydrogens (tertiary/aromatic N) is 1. The van der Waals surface area contributed by atoms with E-state index in [1.807, 2.05) is 12.1 Å². The number of nitrogens with one attached hydrogen (secondary N) is 1. The lowest BCUT2D eigenvalue weighted by Gasteiger charge is -2.20. The van der Waals surface area contributed by atoms with Crippen LogP contribution < -0.4 is 10.2 Å². The molecule has 2 rings (SSSR count). The van der Waals surface area contributed by atoms with E-state index < -0.39 is 5.97 Å². The van der Waals surface area contributed by atoms with Crippen LogP contribution in [0.15, 0.2) is 24.3 Å². The van der Waals surface area contributed by atoms with Crippen molar-refractivity contribution >= 4 is 17.6 Å². The number of benzene rings is 1. The molecule has 1 saturated heterocycles. The summed E-state index contributed by atoms with van der Waals surface area (Å²) in [5, 5.41) is 2.72. The summed E-state index contributed by atoms with van der Waals surface area (Å²) in [5.41, 5.74) is 1.50. The zero-order chi connectivity index (χ0) is 17.4. The molecule has 0 radical (unpaired) electrons. The minimum absolute atomic E-state index is 0.0808. The fourth-order valence-corrected chi connectivity index (χ4v) is 2.70. The van der Waals surface area contributed by atoms with Gasteiger partial charge in [-0.05, 0) is 51.0 Å². The van der Waals surface area contributed by atoms with Crippen LogP contribution in [0.3, 0.4) is 0 Å². The Morgan fingerprint density at radius 2 is 1.96 bits per heavy atom. The predicted octanol–water partition coefficient (Wildman–Crippen LogP) is 1.98. The minimum Gasteiger partial charge on any atom is -0.452 e. The van der Waals surface area contributed by atoms with Crippen LogP contribution in [0.1, 0.15) is 37.0 Å². The summed E-state index contributed by atoms with van der Waals surface area (Å²) in [6.45, 7) is 6.93. The van der Waals surface area contributed by atoms with Crippen molar-refractivity contribution in [2.75, 3.05) is 37.7 Å². The SMILES string of the molecule is CCN(CC)c1ccc(C(=O)OCC(=O)NC[C@@H]2CCCO2)cc1. The maximum atomic E-state index is 12.0. The summed E-state index contributed by atoms with van der Waals surface area (Å²) in [6, 6.07) is 7.22. The minimum atomic E-state index is -0.492. The van der Waals surface area contributed by atoms with Crippen LogP contribution in [0.5, 0.6) is 0 Å². The van der Waals surface area contributed by atoms with Crippen molar-refractivity contribution < 1.29 is 19.1 Å². The summed E-state index contributed by atoms with van der Waals surface area (Å²) in [7, 11) is 0. The molecule has 1 aromatic rings. The van der Waals surface area contributed by atoms with E-state index in [0.29, 0.717) is 12.1 Å². The second-order valence-electron chi connectivity index (χ2n) is 5.73. The average Bonchev–Trinajstić information content (AvgIpc) is 3.13. The Kier molecular flexibility index (Phi) is 7.06. The number of rotatable bonds is 8. The topological polar surface area (TPSA) is 67.9 Å². The van der Waals surface area contributed by atoms with E-state index in [1.54, 1.807) is 12.1 Å². The standard InChI is InChI=1S/C18H26N2O4/c1-3-20(4-2)15-9-7-14(8-10-15)18(22)24-13-17(21)19-12-16-6-5-11-23-16/h7-10,16H,3-6,11-13H2,1-2H3,(H,19,21)/t16-/m0/s1. The lowest BCUT2D eigenvalue weighted by atomic mass is 10.2. The van der Waals surface area contributed by atoms with Gasteiger partial charge in [0.1, 0.15) is 0 Å². The summed E-state index contributed by atoms with van der Waals surface area (Å²) < 4.78 is 10.5. The Hall–Kier alpha value is -2.08. The molecule has 0 spiro atoms. The molecule has 0 bridgehead atoms. The van der Waals surface area contributed by atoms with Gasteiger partial charge in [-0.1, -0.05) is 0 Å². The summed E-state index contributed by atoms with van der Waals surface area (Å²) in [4.78, 5) is 25.9. The van der Waals surface area contributed by atoms with Crippen molar-refractivity contribution in [2.45, 2.75) is 32.8 Å². The molecule has 24 heavy (non-hydrogen) atoms. The highest BCUT2D eigenvalue weighted by molar-refractivity contribution is 5.91. The molecule has 1 fully saturated rings. The van der Waals surface area contributed by atoms with Crippen LogP contribution in [0.25, 0.3) is 0 Å². The molecule has 6 nitrogen and oxygen atoms in total. The molecular weight excluding hydrogens is 308 g/mol. The zero-order valence-electron chi connectivity index (χ0n) is 14.4. The van der Waals surface area contributed by atoms with Crippen LogP contribution in [0, 0.1) is 0 Å². The molecule has 132 valence electrons. The molecule has 1 amide bonds. The first-order valence-corrected chi connectivity index (χ1v) is 8.54. The Morgan fingerprint density at radius 3 is 2.54 bits per heavy atom. The van der Waals surface area contributed by atoms with E-state index in [4.69, 9.17) is 9.47 Å². The van der Waals surface area contributed by atoms with Gasteiger partial charge in [-0.15, -0.1) is 0 Å². The lowest BCUT2D eigenvalue weighted by Crippen LogP contribution is -2.34. The molecule has 0 aromatic heterocycles. The van der Waals surface area contributed by atoms with Gasteiger partial charge in [-0.3, -0.25) is 4.79 Å². The first-order chi connectivity index (χ1) is 11.6. The highest BCUT2D eigenvalue weighted by atomic mass is 16.5. The zero-order valence-corrected chi connectivity index (χ0v) is 14.4. The maximum absolute atomic E-state index is 12.0. The number of anilines is 1. The molecular formula is C18H26N2O4. The third-order valence-corrected chi connectivity index (χ3v) is 4.12. The average molecular weight is 334 g/mol. The van der Waals surface area contributed by atoms with Crippen LogP contribution in [-0.2, 0) is 14.3 Å². The predicted molar refractivity (Wildman–Crippen MR) is 92.3 cm³/mol. The van der Waals surface area contributed by atoms with Gasteiger partial charge in [0.05, 0.1) is 11.7 Å². The first-order valence-electron chi connectivity index (χ1n) is 8.54. The third-order valence-electron chi connectivity index (χ3n) is 4.12. The van der Waals surface area contributed by atoms with Crippen molar-refractivity contribution in [2.24, 2.45) is 0 Å². The van der Waals surface area contributed by atoms with Crippen LogP contribution in [0.2, 0.25) is 0 Å². The van der Waals surface area contributed by atoms with Crippen molar-refractivity contribution in [3.63, 3.8) is 0 Å². The number of amides is 1. The quantitative estimate of drug-likeness (QED) is 0.736. The van der Waals surface area contributed by atoms with Crippen LogP contribution in [-0.4, -0.2) is 50.8 Å². The number of carbonyl (C=O) groups is 2. The Bertz CT molecular complexity index is 534. The Labute approximate surface area is 143 Å². The van der Waals surface area contributed by atoms with E-state index in [-0.39, 0.29) is 18.6 Å². The van der Waals surface area contributed by atoms with E-state index in [2.05, 4.69) is 24.1 Å². The number of hydrogen-bond acceptors (Lipinski definition) is 5. The maximum Gasteiger partial charge on any atom is 0.338 e. The Balaban J connectivity index is 1.76. The first kappa shape index (κ1) is 18.3. The molecule has 1 heterocycles. The monoisotopic (exact) mass is 334 g/mol. The molecule has 0 saturated carbocycles. The second-order valence-corrected chi connectivity index (χ2v) is 5.73. The molecule has 1 N–H and O–H groups in total. The van der Waals surface area contributed by atoms with Gasteiger partial charge in [0.25, 0.3) is 5.91 Å². The number of esters is 1. The van der Waals surface area contributed by atoms with Crippen LogP contribution in [0.4, 0.5) is 5.69 Å². The number of ether oxygens (including phenoxy) is 2. The lowest BCUT2D eigenvalue weighted by molar-refractivity contribution is -0.124. The van der Waals surface area contributed by atoms with E-state index in [0.717, 1.165) is 38.2 Å². The molecule has 0 aliphatic carbocycles. The summed E-state index contributed by atoms with van der Waals surface area (Å²) >= 11 is 0. The van der Waals surface area contributed by atoms with E-state index >= 15 is 0 Å². The fourth-order valence-electron chi connectivity index (χ4n) is 2.70. The molecule has 1 aliphatic heterocycles. The summed E-state index contributed by atoms with van der Waals surface area (Å²) in [6.07, 6.45) is 2.06. The van der Waals surface area contributed by atoms with Gasteiger partial charge in [0.15, 0.2) is 6.61 Å². The van der Waals surface area contributed by atoms with E-state index in [1.165, 1.54) is 0 Å². The van der Waals surface area contributed by atoms with Crippen LogP contribution >= 0.6 is 0 Å². The van der Waals surface area contributed by atoms with Gasteiger partial charge < -0.3 is 19.7 Å². The van der Waals surface area contributed by atoms with Gasteiger partial charge in [-0.25, -0.2) is 4.79 Å². The molecule has 6 heteroatoms. The molecule has 1 aliphatic rings. The molecule has 1 aromatic carbocycles. The summed E-state index contributed by atoms with van der Waals surface area (Å²) in [5.74, 6) is -0.799. The number of carbonyl (C=O) groups excluding carboxylic acids is 2. The van der Waals surface area contributed by atoms with Crippen molar-refractivity contribution in [3.05, 3.63) is 29.8 Å². The van der Waals surface area contributed by atoms with Gasteiger partial charge >= 0.3 is 5.97 Å². The van der Waals surface area contributed by atoms with Gasteiger partial charge in [0, 0.05) is 31.9 Å². The van der Waals surface area contributed by atoms with Crippen molar-refractivity contribution in [1.82, 2.24) is 5.32 Å². The van der Waals surface area contributed by atoms with Gasteiger partial charge in [-0.2, -0.15) is 0 Å². The van der Waals surface area contributed by atoms with Crippen molar-refractivity contribution in [1.29, 1.82) is 0 Å². The van der Waals surface area contributed by atoms with Crippen molar-refractivity contribution in [3.8, 4) is 0 Å². The third kappa shape index (κ3) is 5.23. The highest BCUT2D eigenvalue weighted by Gasteiger charge is 2.17. The fraction of sp³-hybridized carbons (Fsp3) is 0.556. The largest absolute Gasteiger partial charge is 0.452 e. The second kappa shape index (κ2) is 9.27. The number of hydrogen-bond donors (Lipinski definition) is 1. The van der Waals surface area contributed by atoms with Gasteiger partial charge in [0.2, 0.25) is 0 Å². The smallest absolute Gasteiger partial charge is 0.338 e. The molecule has 1 atom stereocenters. The van der Waals surface area contributed by atoms with E-state index in [9.17, 15) is 9.59 Å². The Morgan fingerprint density at radius 1 is 1.25 bits per heavy atom. The normalized spacial score (nSPS) is 16.7.